The number of halogens is 1. The molecule has 3 nitrogen and oxygen atoms in total. The van der Waals surface area contributed by atoms with Crippen LogP contribution < -0.4 is 5.32 Å². The zero-order valence-corrected chi connectivity index (χ0v) is 14.7. The molecule has 0 saturated carbocycles. The maximum absolute atomic E-state index is 13.8. The maximum Gasteiger partial charge on any atom is 0.261 e. The number of likely N-dealkylation sites (tertiary alicyclic amines) is 1. The second-order valence-corrected chi connectivity index (χ2v) is 7.51. The van der Waals surface area contributed by atoms with E-state index in [1.807, 2.05) is 6.07 Å². The summed E-state index contributed by atoms with van der Waals surface area (Å²) in [5.74, 6) is 0.484. The number of amides is 1. The summed E-state index contributed by atoms with van der Waals surface area (Å²) in [4.78, 5) is 16.1. The lowest BCUT2D eigenvalue weighted by molar-refractivity contribution is 0.0948. The van der Waals surface area contributed by atoms with Crippen molar-refractivity contribution in [2.45, 2.75) is 19.8 Å². The Morgan fingerprint density at radius 2 is 2.00 bits per heavy atom. The monoisotopic (exact) mass is 346 g/mol. The Kier molecular flexibility index (Phi) is 5.63. The summed E-state index contributed by atoms with van der Waals surface area (Å²) in [6.07, 6.45) is 2.48. The topological polar surface area (TPSA) is 32.3 Å². The van der Waals surface area contributed by atoms with Gasteiger partial charge in [0.2, 0.25) is 0 Å². The zero-order chi connectivity index (χ0) is 16.9. The molecule has 1 aromatic carbocycles. The van der Waals surface area contributed by atoms with Gasteiger partial charge in [0.05, 0.1) is 4.88 Å². The molecule has 3 rings (SSSR count). The van der Waals surface area contributed by atoms with Crippen LogP contribution in [0.5, 0.6) is 0 Å². The fraction of sp³-hybridized carbons (Fsp3) is 0.421. The molecule has 0 unspecified atom stereocenters. The van der Waals surface area contributed by atoms with Gasteiger partial charge < -0.3 is 10.2 Å². The number of piperidine rings is 1. The molecule has 0 spiro atoms. The minimum Gasteiger partial charge on any atom is -0.350 e. The molecule has 5 heteroatoms. The Morgan fingerprint density at radius 1 is 1.25 bits per heavy atom. The Bertz CT molecular complexity index is 692. The van der Waals surface area contributed by atoms with Gasteiger partial charge in [0.1, 0.15) is 5.82 Å². The molecule has 2 aromatic rings. The summed E-state index contributed by atoms with van der Waals surface area (Å²) in [5.41, 5.74) is 0.545. The average Bonchev–Trinajstić information content (AvgIpc) is 3.07. The van der Waals surface area contributed by atoms with Crippen molar-refractivity contribution in [1.29, 1.82) is 0 Å². The van der Waals surface area contributed by atoms with Crippen molar-refractivity contribution < 1.29 is 9.18 Å². The molecule has 1 aliphatic heterocycles. The molecular formula is C19H23FN2OS. The third-order valence-electron chi connectivity index (χ3n) is 4.56. The zero-order valence-electron chi connectivity index (χ0n) is 13.9. The van der Waals surface area contributed by atoms with E-state index in [1.165, 1.54) is 30.2 Å². The Balaban J connectivity index is 1.52. The van der Waals surface area contributed by atoms with Crippen molar-refractivity contribution in [2.75, 3.05) is 26.2 Å². The second-order valence-electron chi connectivity index (χ2n) is 6.42. The average molecular weight is 346 g/mol. The van der Waals surface area contributed by atoms with Crippen LogP contribution in [0.3, 0.4) is 0 Å². The molecular weight excluding hydrogens is 323 g/mol. The summed E-state index contributed by atoms with van der Waals surface area (Å²) >= 11 is 1.33. The minimum absolute atomic E-state index is 0.0760. The van der Waals surface area contributed by atoms with Crippen molar-refractivity contribution in [3.8, 4) is 10.4 Å². The van der Waals surface area contributed by atoms with Crippen LogP contribution in [0, 0.1) is 11.7 Å². The number of nitrogens with one attached hydrogen (secondary N) is 1. The van der Waals surface area contributed by atoms with E-state index in [4.69, 9.17) is 0 Å². The van der Waals surface area contributed by atoms with Gasteiger partial charge in [-0.05, 0) is 50.0 Å². The molecule has 2 heterocycles. The van der Waals surface area contributed by atoms with Crippen LogP contribution >= 0.6 is 11.3 Å². The van der Waals surface area contributed by atoms with Crippen LogP contribution in [-0.4, -0.2) is 37.0 Å². The predicted molar refractivity (Wildman–Crippen MR) is 96.9 cm³/mol. The molecule has 128 valence electrons. The standard InChI is InChI=1S/C19H23FN2OS/c1-14-8-11-22(12-9-14)13-10-21-19(23)18-7-6-17(24-18)15-4-2-3-5-16(15)20/h2-7,14H,8-13H2,1H3,(H,21,23). The van der Waals surface area contributed by atoms with Crippen LogP contribution in [-0.2, 0) is 0 Å². The van der Waals surface area contributed by atoms with E-state index in [-0.39, 0.29) is 11.7 Å². The van der Waals surface area contributed by atoms with Gasteiger partial charge in [-0.25, -0.2) is 4.39 Å². The van der Waals surface area contributed by atoms with Crippen LogP contribution in [0.2, 0.25) is 0 Å². The lowest BCUT2D eigenvalue weighted by Crippen LogP contribution is -2.39. The fourth-order valence-electron chi connectivity index (χ4n) is 2.97. The Labute approximate surface area is 146 Å². The number of hydrogen-bond donors (Lipinski definition) is 1. The Hall–Kier alpha value is -1.72. The van der Waals surface area contributed by atoms with Crippen LogP contribution in [0.4, 0.5) is 4.39 Å². The number of rotatable bonds is 5. The normalized spacial score (nSPS) is 16.2. The molecule has 0 radical (unpaired) electrons. The van der Waals surface area contributed by atoms with E-state index in [9.17, 15) is 9.18 Å². The third-order valence-corrected chi connectivity index (χ3v) is 5.68. The van der Waals surface area contributed by atoms with Gasteiger partial charge in [-0.2, -0.15) is 0 Å². The molecule has 0 bridgehead atoms. The van der Waals surface area contributed by atoms with Gasteiger partial charge >= 0.3 is 0 Å². The summed E-state index contributed by atoms with van der Waals surface area (Å²) < 4.78 is 13.8. The van der Waals surface area contributed by atoms with Crippen LogP contribution in [0.25, 0.3) is 10.4 Å². The number of thiophene rings is 1. The quantitative estimate of drug-likeness (QED) is 0.887. The van der Waals surface area contributed by atoms with Crippen LogP contribution in [0.15, 0.2) is 36.4 Å². The first-order valence-corrected chi connectivity index (χ1v) is 9.30. The fourth-order valence-corrected chi connectivity index (χ4v) is 3.92. The summed E-state index contributed by atoms with van der Waals surface area (Å²) in [5, 5.41) is 2.97. The van der Waals surface area contributed by atoms with E-state index < -0.39 is 0 Å². The van der Waals surface area contributed by atoms with E-state index in [2.05, 4.69) is 17.1 Å². The smallest absolute Gasteiger partial charge is 0.261 e. The van der Waals surface area contributed by atoms with Crippen LogP contribution in [0.1, 0.15) is 29.4 Å². The predicted octanol–water partition coefficient (Wildman–Crippen LogP) is 4.02. The molecule has 1 amide bonds. The first-order chi connectivity index (χ1) is 11.6. The SMILES string of the molecule is CC1CCN(CCNC(=O)c2ccc(-c3ccccc3F)s2)CC1. The van der Waals surface area contributed by atoms with Crippen molar-refractivity contribution in [3.05, 3.63) is 47.1 Å². The summed E-state index contributed by atoms with van der Waals surface area (Å²) in [6, 6.07) is 10.2. The highest BCUT2D eigenvalue weighted by atomic mass is 32.1. The Morgan fingerprint density at radius 3 is 2.75 bits per heavy atom. The largest absolute Gasteiger partial charge is 0.350 e. The second kappa shape index (κ2) is 7.90. The molecule has 24 heavy (non-hydrogen) atoms. The van der Waals surface area contributed by atoms with E-state index in [0.29, 0.717) is 17.0 Å². The van der Waals surface area contributed by atoms with Crippen molar-refractivity contribution in [2.24, 2.45) is 5.92 Å². The highest BCUT2D eigenvalue weighted by Gasteiger charge is 2.16. The molecule has 1 saturated heterocycles. The van der Waals surface area contributed by atoms with Gasteiger partial charge in [0, 0.05) is 23.5 Å². The first-order valence-electron chi connectivity index (χ1n) is 8.49. The molecule has 1 N–H and O–H groups in total. The first kappa shape index (κ1) is 17.1. The summed E-state index contributed by atoms with van der Waals surface area (Å²) in [7, 11) is 0. The number of benzene rings is 1. The van der Waals surface area contributed by atoms with E-state index in [0.717, 1.165) is 30.4 Å². The molecule has 0 aliphatic carbocycles. The molecule has 1 aromatic heterocycles. The van der Waals surface area contributed by atoms with E-state index >= 15 is 0 Å². The number of carbonyl (C=O) groups is 1. The highest BCUT2D eigenvalue weighted by Crippen LogP contribution is 2.29. The van der Waals surface area contributed by atoms with Gasteiger partial charge in [-0.3, -0.25) is 4.79 Å². The van der Waals surface area contributed by atoms with Gasteiger partial charge in [-0.1, -0.05) is 25.1 Å². The molecule has 1 fully saturated rings. The van der Waals surface area contributed by atoms with Crippen molar-refractivity contribution in [1.82, 2.24) is 10.2 Å². The van der Waals surface area contributed by atoms with Gasteiger partial charge in [-0.15, -0.1) is 11.3 Å². The van der Waals surface area contributed by atoms with Gasteiger partial charge in [0.15, 0.2) is 0 Å². The number of nitrogens with zero attached hydrogens (tertiary/aromatic N) is 1. The van der Waals surface area contributed by atoms with Gasteiger partial charge in [0.25, 0.3) is 5.91 Å². The number of carbonyl (C=O) groups excluding carboxylic acids is 1. The summed E-state index contributed by atoms with van der Waals surface area (Å²) in [6.45, 7) is 6.08. The van der Waals surface area contributed by atoms with Crippen molar-refractivity contribution >= 4 is 17.2 Å². The third kappa shape index (κ3) is 4.22. The molecule has 0 atom stereocenters. The maximum atomic E-state index is 13.8. The highest BCUT2D eigenvalue weighted by molar-refractivity contribution is 7.17. The van der Waals surface area contributed by atoms with E-state index in [1.54, 1.807) is 24.3 Å². The molecule has 1 aliphatic rings. The lowest BCUT2D eigenvalue weighted by atomic mass is 9.99. The minimum atomic E-state index is -0.259. The van der Waals surface area contributed by atoms with Crippen molar-refractivity contribution in [3.63, 3.8) is 0 Å². The lowest BCUT2D eigenvalue weighted by Gasteiger charge is -2.30. The number of hydrogen-bond acceptors (Lipinski definition) is 3.